The molecule has 19 heavy (non-hydrogen) atoms. The Morgan fingerprint density at radius 1 is 1.11 bits per heavy atom. The summed E-state index contributed by atoms with van der Waals surface area (Å²) in [6.07, 6.45) is 0. The van der Waals surface area contributed by atoms with E-state index in [1.165, 1.54) is 18.2 Å². The van der Waals surface area contributed by atoms with Crippen molar-refractivity contribution in [1.29, 1.82) is 0 Å². The molecule has 5 N–H and O–H groups in total. The van der Waals surface area contributed by atoms with Gasteiger partial charge in [0.15, 0.2) is 0 Å². The van der Waals surface area contributed by atoms with Gasteiger partial charge < -0.3 is 21.3 Å². The number of halogens is 1. The Morgan fingerprint density at radius 3 is 2.32 bits per heavy atom. The van der Waals surface area contributed by atoms with Gasteiger partial charge >= 0.3 is 0 Å². The zero-order valence-corrected chi connectivity index (χ0v) is 9.72. The maximum atomic E-state index is 12.9. The maximum Gasteiger partial charge on any atom is 0.255 e. The first-order valence-corrected chi connectivity index (χ1v) is 5.35. The molecule has 0 radical (unpaired) electrons. The summed E-state index contributed by atoms with van der Waals surface area (Å²) < 4.78 is 12.9. The molecule has 0 spiro atoms. The number of anilines is 2. The van der Waals surface area contributed by atoms with Crippen molar-refractivity contribution in [3.8, 4) is 11.5 Å². The number of amides is 1. The molecule has 0 atom stereocenters. The molecule has 5 nitrogen and oxygen atoms in total. The third-order valence-corrected chi connectivity index (χ3v) is 2.43. The van der Waals surface area contributed by atoms with E-state index in [0.29, 0.717) is 0 Å². The average Bonchev–Trinajstić information content (AvgIpc) is 2.31. The molecule has 0 saturated carbocycles. The number of phenols is 2. The van der Waals surface area contributed by atoms with Crippen LogP contribution in [-0.4, -0.2) is 16.1 Å². The Labute approximate surface area is 108 Å². The molecule has 2 aromatic rings. The molecule has 0 fully saturated rings. The van der Waals surface area contributed by atoms with Gasteiger partial charge in [0.2, 0.25) is 0 Å². The van der Waals surface area contributed by atoms with Gasteiger partial charge in [-0.2, -0.15) is 0 Å². The van der Waals surface area contributed by atoms with Crippen LogP contribution in [0.25, 0.3) is 0 Å². The Hall–Kier alpha value is -2.76. The monoisotopic (exact) mass is 262 g/mol. The number of hydrogen-bond acceptors (Lipinski definition) is 4. The van der Waals surface area contributed by atoms with Crippen LogP contribution in [-0.2, 0) is 0 Å². The van der Waals surface area contributed by atoms with Crippen LogP contribution in [0.4, 0.5) is 15.8 Å². The zero-order valence-electron chi connectivity index (χ0n) is 9.72. The maximum absolute atomic E-state index is 12.9. The molecule has 0 unspecified atom stereocenters. The third kappa shape index (κ3) is 2.92. The van der Waals surface area contributed by atoms with Gasteiger partial charge in [-0.1, -0.05) is 0 Å². The van der Waals surface area contributed by atoms with Crippen molar-refractivity contribution < 1.29 is 19.4 Å². The summed E-state index contributed by atoms with van der Waals surface area (Å²) in [5, 5.41) is 21.0. The van der Waals surface area contributed by atoms with E-state index in [9.17, 15) is 19.4 Å². The van der Waals surface area contributed by atoms with Crippen molar-refractivity contribution in [3.63, 3.8) is 0 Å². The van der Waals surface area contributed by atoms with Gasteiger partial charge in [0.25, 0.3) is 5.91 Å². The fourth-order valence-corrected chi connectivity index (χ4v) is 1.57. The molecule has 0 saturated heterocycles. The van der Waals surface area contributed by atoms with Gasteiger partial charge in [0, 0.05) is 11.6 Å². The normalized spacial score (nSPS) is 10.2. The number of carbonyl (C=O) groups is 1. The fraction of sp³-hybridized carbons (Fsp3) is 0. The molecule has 98 valence electrons. The minimum atomic E-state index is -0.579. The molecule has 0 aromatic heterocycles. The predicted molar refractivity (Wildman–Crippen MR) is 68.5 cm³/mol. The lowest BCUT2D eigenvalue weighted by Gasteiger charge is -2.08. The van der Waals surface area contributed by atoms with Crippen LogP contribution < -0.4 is 11.1 Å². The number of carbonyl (C=O) groups excluding carboxylic acids is 1. The van der Waals surface area contributed by atoms with E-state index in [-0.39, 0.29) is 28.4 Å². The summed E-state index contributed by atoms with van der Waals surface area (Å²) >= 11 is 0. The van der Waals surface area contributed by atoms with E-state index in [4.69, 9.17) is 5.73 Å². The van der Waals surface area contributed by atoms with Gasteiger partial charge in [0.1, 0.15) is 17.3 Å². The Balaban J connectivity index is 2.25. The second-order valence-corrected chi connectivity index (χ2v) is 3.92. The lowest BCUT2D eigenvalue weighted by Crippen LogP contribution is -2.13. The first kappa shape index (κ1) is 12.7. The first-order chi connectivity index (χ1) is 8.95. The largest absolute Gasteiger partial charge is 0.508 e. The van der Waals surface area contributed by atoms with Crippen LogP contribution in [0.1, 0.15) is 10.4 Å². The lowest BCUT2D eigenvalue weighted by atomic mass is 10.1. The number of nitrogen functional groups attached to an aromatic ring is 1. The van der Waals surface area contributed by atoms with E-state index in [0.717, 1.165) is 18.2 Å². The second kappa shape index (κ2) is 4.85. The van der Waals surface area contributed by atoms with Crippen molar-refractivity contribution in [1.82, 2.24) is 0 Å². The third-order valence-electron chi connectivity index (χ3n) is 2.43. The summed E-state index contributed by atoms with van der Waals surface area (Å²) in [7, 11) is 0. The minimum absolute atomic E-state index is 0.0567. The number of aromatic hydroxyl groups is 2. The van der Waals surface area contributed by atoms with Crippen LogP contribution in [0, 0.1) is 5.82 Å². The lowest BCUT2D eigenvalue weighted by molar-refractivity contribution is 0.102. The van der Waals surface area contributed by atoms with Crippen LogP contribution >= 0.6 is 0 Å². The number of nitrogens with two attached hydrogens (primary N) is 1. The van der Waals surface area contributed by atoms with Crippen LogP contribution in [0.3, 0.4) is 0 Å². The number of nitrogens with one attached hydrogen (secondary N) is 1. The SMILES string of the molecule is Nc1cc(F)ccc1NC(=O)c1cc(O)cc(O)c1. The van der Waals surface area contributed by atoms with E-state index < -0.39 is 11.7 Å². The van der Waals surface area contributed by atoms with E-state index in [1.807, 2.05) is 0 Å². The first-order valence-electron chi connectivity index (χ1n) is 5.35. The Kier molecular flexibility index (Phi) is 3.24. The fourth-order valence-electron chi connectivity index (χ4n) is 1.57. The molecular formula is C13H11FN2O3. The summed E-state index contributed by atoms with van der Waals surface area (Å²) in [6.45, 7) is 0. The van der Waals surface area contributed by atoms with Crippen molar-refractivity contribution >= 4 is 17.3 Å². The van der Waals surface area contributed by atoms with Crippen molar-refractivity contribution in [2.75, 3.05) is 11.1 Å². The predicted octanol–water partition coefficient (Wildman–Crippen LogP) is 2.07. The van der Waals surface area contributed by atoms with E-state index >= 15 is 0 Å². The summed E-state index contributed by atoms with van der Waals surface area (Å²) in [5.41, 5.74) is 5.94. The highest BCUT2D eigenvalue weighted by Gasteiger charge is 2.10. The molecule has 0 aliphatic heterocycles. The standard InChI is InChI=1S/C13H11FN2O3/c14-8-1-2-12(11(15)5-8)16-13(19)7-3-9(17)6-10(18)4-7/h1-6,17-18H,15H2,(H,16,19). The molecule has 1 amide bonds. The quantitative estimate of drug-likeness (QED) is 0.623. The minimum Gasteiger partial charge on any atom is -0.508 e. The van der Waals surface area contributed by atoms with Crippen molar-refractivity contribution in [3.05, 3.63) is 47.8 Å². The number of benzene rings is 2. The Bertz CT molecular complexity index is 624. The average molecular weight is 262 g/mol. The van der Waals surface area contributed by atoms with Crippen LogP contribution in [0.2, 0.25) is 0 Å². The van der Waals surface area contributed by atoms with Gasteiger partial charge in [-0.25, -0.2) is 4.39 Å². The van der Waals surface area contributed by atoms with E-state index in [1.54, 1.807) is 0 Å². The van der Waals surface area contributed by atoms with Crippen LogP contribution in [0.15, 0.2) is 36.4 Å². The molecule has 0 aliphatic rings. The van der Waals surface area contributed by atoms with Crippen LogP contribution in [0.5, 0.6) is 11.5 Å². The molecule has 2 rings (SSSR count). The molecular weight excluding hydrogens is 251 g/mol. The van der Waals surface area contributed by atoms with E-state index in [2.05, 4.69) is 5.32 Å². The number of hydrogen-bond donors (Lipinski definition) is 4. The van der Waals surface area contributed by atoms with Gasteiger partial charge in [0.05, 0.1) is 11.4 Å². The topological polar surface area (TPSA) is 95.6 Å². The molecule has 6 heteroatoms. The second-order valence-electron chi connectivity index (χ2n) is 3.92. The van der Waals surface area contributed by atoms with Crippen molar-refractivity contribution in [2.24, 2.45) is 0 Å². The van der Waals surface area contributed by atoms with Gasteiger partial charge in [-0.15, -0.1) is 0 Å². The zero-order chi connectivity index (χ0) is 14.0. The number of phenolic OH excluding ortho intramolecular Hbond substituents is 2. The van der Waals surface area contributed by atoms with Crippen molar-refractivity contribution in [2.45, 2.75) is 0 Å². The number of rotatable bonds is 2. The molecule has 0 aliphatic carbocycles. The highest BCUT2D eigenvalue weighted by atomic mass is 19.1. The summed E-state index contributed by atoms with van der Waals surface area (Å²) in [4.78, 5) is 11.9. The highest BCUT2D eigenvalue weighted by Crippen LogP contribution is 2.23. The summed E-state index contributed by atoms with van der Waals surface area (Å²) in [5.74, 6) is -1.57. The molecule has 0 bridgehead atoms. The van der Waals surface area contributed by atoms with Gasteiger partial charge in [-0.05, 0) is 30.3 Å². The Morgan fingerprint density at radius 2 is 1.74 bits per heavy atom. The molecule has 2 aromatic carbocycles. The summed E-state index contributed by atoms with van der Waals surface area (Å²) in [6, 6.07) is 7.04. The highest BCUT2D eigenvalue weighted by molar-refractivity contribution is 6.06. The smallest absolute Gasteiger partial charge is 0.255 e. The molecule has 0 heterocycles. The van der Waals surface area contributed by atoms with Gasteiger partial charge in [-0.3, -0.25) is 4.79 Å².